The molecule has 0 aliphatic carbocycles. The summed E-state index contributed by atoms with van der Waals surface area (Å²) in [4.78, 5) is 0. The van der Waals surface area contributed by atoms with Crippen LogP contribution in [-0.2, 0) is 9.47 Å². The molecule has 0 spiro atoms. The monoisotopic (exact) mass is 210 g/mol. The molecule has 2 atom stereocenters. The number of aryl methyl sites for hydroxylation is 1. The van der Waals surface area contributed by atoms with E-state index >= 15 is 0 Å². The van der Waals surface area contributed by atoms with Gasteiger partial charge < -0.3 is 14.6 Å². The van der Waals surface area contributed by atoms with E-state index in [1.807, 2.05) is 31.2 Å². The van der Waals surface area contributed by atoms with Gasteiger partial charge in [0.15, 0.2) is 0 Å². The van der Waals surface area contributed by atoms with Crippen molar-refractivity contribution in [3.8, 4) is 0 Å². The van der Waals surface area contributed by atoms with E-state index in [0.717, 1.165) is 11.1 Å². The van der Waals surface area contributed by atoms with Crippen LogP contribution in [0.2, 0.25) is 0 Å². The molecule has 1 aromatic carbocycles. The number of hydrogen-bond donors (Lipinski definition) is 1. The fourth-order valence-corrected chi connectivity index (χ4v) is 1.54. The fraction of sp³-hybridized carbons (Fsp3) is 0.500. The first kappa shape index (κ1) is 12.2. The number of aliphatic hydroxyl groups excluding tert-OH is 1. The quantitative estimate of drug-likeness (QED) is 0.756. The average Bonchev–Trinajstić information content (AvgIpc) is 2.20. The maximum Gasteiger partial charge on any atom is 0.147 e. The van der Waals surface area contributed by atoms with Crippen LogP contribution in [-0.4, -0.2) is 25.1 Å². The predicted molar refractivity (Wildman–Crippen MR) is 58.6 cm³/mol. The number of rotatable bonds is 5. The van der Waals surface area contributed by atoms with Crippen molar-refractivity contribution in [3.63, 3.8) is 0 Å². The molecule has 0 aliphatic heterocycles. The van der Waals surface area contributed by atoms with Gasteiger partial charge in [-0.1, -0.05) is 24.3 Å². The minimum atomic E-state index is -0.554. The molecular weight excluding hydrogens is 192 g/mol. The zero-order valence-electron chi connectivity index (χ0n) is 9.43. The molecule has 3 nitrogen and oxygen atoms in total. The number of methoxy groups -OCH3 is 1. The van der Waals surface area contributed by atoms with Gasteiger partial charge in [0.25, 0.3) is 0 Å². The maximum atomic E-state index is 9.64. The van der Waals surface area contributed by atoms with Crippen LogP contribution in [0.5, 0.6) is 0 Å². The molecule has 0 radical (unpaired) electrons. The third-order valence-electron chi connectivity index (χ3n) is 2.30. The van der Waals surface area contributed by atoms with Crippen LogP contribution in [0, 0.1) is 6.92 Å². The van der Waals surface area contributed by atoms with Crippen molar-refractivity contribution in [1.29, 1.82) is 0 Å². The zero-order valence-corrected chi connectivity index (χ0v) is 9.43. The summed E-state index contributed by atoms with van der Waals surface area (Å²) in [5.41, 5.74) is 2.11. The minimum absolute atomic E-state index is 0.184. The van der Waals surface area contributed by atoms with Crippen molar-refractivity contribution in [3.05, 3.63) is 35.4 Å². The molecule has 84 valence electrons. The molecule has 0 saturated carbocycles. The highest BCUT2D eigenvalue weighted by Crippen LogP contribution is 2.24. The normalized spacial score (nSPS) is 14.9. The third kappa shape index (κ3) is 3.30. The lowest BCUT2D eigenvalue weighted by Crippen LogP contribution is -2.20. The molecule has 1 aromatic rings. The highest BCUT2D eigenvalue weighted by Gasteiger charge is 2.19. The lowest BCUT2D eigenvalue weighted by atomic mass is 10.0. The second-order valence-corrected chi connectivity index (χ2v) is 3.59. The van der Waals surface area contributed by atoms with E-state index in [9.17, 15) is 5.11 Å². The standard InChI is InChI=1S/C12H18O3/c1-9-6-4-5-7-11(9)12(10(2)13)15-8-14-3/h4-7,10,12-13H,8H2,1-3H3. The van der Waals surface area contributed by atoms with E-state index in [1.165, 1.54) is 0 Å². The van der Waals surface area contributed by atoms with Crippen LogP contribution in [0.15, 0.2) is 24.3 Å². The highest BCUT2D eigenvalue weighted by atomic mass is 16.7. The summed E-state index contributed by atoms with van der Waals surface area (Å²) in [6, 6.07) is 7.87. The molecule has 0 aromatic heterocycles. The Morgan fingerprint density at radius 2 is 2.00 bits per heavy atom. The lowest BCUT2D eigenvalue weighted by Gasteiger charge is -2.22. The van der Waals surface area contributed by atoms with Crippen molar-refractivity contribution in [2.24, 2.45) is 0 Å². The van der Waals surface area contributed by atoms with Crippen molar-refractivity contribution < 1.29 is 14.6 Å². The summed E-state index contributed by atoms with van der Waals surface area (Å²) in [6.07, 6.45) is -0.882. The summed E-state index contributed by atoms with van der Waals surface area (Å²) >= 11 is 0. The molecule has 0 heterocycles. The van der Waals surface area contributed by atoms with Gasteiger partial charge >= 0.3 is 0 Å². The van der Waals surface area contributed by atoms with Crippen LogP contribution < -0.4 is 0 Å². The van der Waals surface area contributed by atoms with Crippen LogP contribution >= 0.6 is 0 Å². The molecular formula is C12H18O3. The molecule has 0 fully saturated rings. The van der Waals surface area contributed by atoms with Crippen LogP contribution in [0.1, 0.15) is 24.2 Å². The largest absolute Gasteiger partial charge is 0.390 e. The first-order valence-electron chi connectivity index (χ1n) is 5.01. The van der Waals surface area contributed by atoms with Crippen molar-refractivity contribution in [2.75, 3.05) is 13.9 Å². The Morgan fingerprint density at radius 1 is 1.33 bits per heavy atom. The Morgan fingerprint density at radius 3 is 2.53 bits per heavy atom. The predicted octanol–water partition coefficient (Wildman–Crippen LogP) is 2.04. The Kier molecular flexibility index (Phi) is 4.75. The van der Waals surface area contributed by atoms with Gasteiger partial charge in [-0.3, -0.25) is 0 Å². The Balaban J connectivity index is 2.84. The van der Waals surface area contributed by atoms with Gasteiger partial charge in [-0.05, 0) is 25.0 Å². The average molecular weight is 210 g/mol. The van der Waals surface area contributed by atoms with Crippen molar-refractivity contribution >= 4 is 0 Å². The van der Waals surface area contributed by atoms with E-state index < -0.39 is 6.10 Å². The van der Waals surface area contributed by atoms with Crippen molar-refractivity contribution in [2.45, 2.75) is 26.1 Å². The molecule has 0 bridgehead atoms. The maximum absolute atomic E-state index is 9.64. The number of benzene rings is 1. The topological polar surface area (TPSA) is 38.7 Å². The smallest absolute Gasteiger partial charge is 0.147 e. The van der Waals surface area contributed by atoms with Gasteiger partial charge in [0.05, 0.1) is 6.10 Å². The summed E-state index contributed by atoms with van der Waals surface area (Å²) in [7, 11) is 1.57. The summed E-state index contributed by atoms with van der Waals surface area (Å²) in [5.74, 6) is 0. The second-order valence-electron chi connectivity index (χ2n) is 3.59. The fourth-order valence-electron chi connectivity index (χ4n) is 1.54. The summed E-state index contributed by atoms with van der Waals surface area (Å²) in [5, 5.41) is 9.64. The van der Waals surface area contributed by atoms with E-state index in [2.05, 4.69) is 0 Å². The van der Waals surface area contributed by atoms with Gasteiger partial charge in [0.1, 0.15) is 12.9 Å². The Hall–Kier alpha value is -0.900. The SMILES string of the molecule is COCOC(c1ccccc1C)C(C)O. The number of aliphatic hydroxyl groups is 1. The highest BCUT2D eigenvalue weighted by molar-refractivity contribution is 5.28. The molecule has 2 unspecified atom stereocenters. The van der Waals surface area contributed by atoms with Gasteiger partial charge in [-0.15, -0.1) is 0 Å². The Bertz CT molecular complexity index is 297. The minimum Gasteiger partial charge on any atom is -0.390 e. The molecule has 3 heteroatoms. The molecule has 0 aliphatic rings. The number of ether oxygens (including phenoxy) is 2. The first-order valence-corrected chi connectivity index (χ1v) is 5.01. The van der Waals surface area contributed by atoms with Crippen LogP contribution in [0.25, 0.3) is 0 Å². The molecule has 1 rings (SSSR count). The molecule has 1 N–H and O–H groups in total. The summed E-state index contributed by atoms with van der Waals surface area (Å²) < 4.78 is 10.3. The first-order chi connectivity index (χ1) is 7.16. The van der Waals surface area contributed by atoms with Crippen LogP contribution in [0.3, 0.4) is 0 Å². The summed E-state index contributed by atoms with van der Waals surface area (Å²) in [6.45, 7) is 3.90. The lowest BCUT2D eigenvalue weighted by molar-refractivity contribution is -0.110. The van der Waals surface area contributed by atoms with E-state index in [-0.39, 0.29) is 12.9 Å². The van der Waals surface area contributed by atoms with Crippen molar-refractivity contribution in [1.82, 2.24) is 0 Å². The Labute approximate surface area is 90.6 Å². The zero-order chi connectivity index (χ0) is 11.3. The second kappa shape index (κ2) is 5.85. The van der Waals surface area contributed by atoms with Crippen LogP contribution in [0.4, 0.5) is 0 Å². The van der Waals surface area contributed by atoms with E-state index in [1.54, 1.807) is 14.0 Å². The van der Waals surface area contributed by atoms with E-state index in [0.29, 0.717) is 0 Å². The molecule has 15 heavy (non-hydrogen) atoms. The molecule has 0 amide bonds. The third-order valence-corrected chi connectivity index (χ3v) is 2.30. The van der Waals surface area contributed by atoms with Gasteiger partial charge in [-0.2, -0.15) is 0 Å². The molecule has 0 saturated heterocycles. The van der Waals surface area contributed by atoms with E-state index in [4.69, 9.17) is 9.47 Å². The van der Waals surface area contributed by atoms with Gasteiger partial charge in [0, 0.05) is 7.11 Å². The van der Waals surface area contributed by atoms with Gasteiger partial charge in [-0.25, -0.2) is 0 Å². The number of hydrogen-bond acceptors (Lipinski definition) is 3. The van der Waals surface area contributed by atoms with Gasteiger partial charge in [0.2, 0.25) is 0 Å².